The van der Waals surface area contributed by atoms with Gasteiger partial charge in [-0.15, -0.1) is 0 Å². The fourth-order valence-electron chi connectivity index (χ4n) is 2.48. The lowest BCUT2D eigenvalue weighted by atomic mass is 9.90. The van der Waals surface area contributed by atoms with Crippen LogP contribution < -0.4 is 5.32 Å². The molecular formula is C15H23N. The normalized spacial score (nSPS) is 19.4. The molecule has 1 aliphatic carbocycles. The Kier molecular flexibility index (Phi) is 4.00. The van der Waals surface area contributed by atoms with E-state index >= 15 is 0 Å². The summed E-state index contributed by atoms with van der Waals surface area (Å²) >= 11 is 0. The molecule has 1 N–H and O–H groups in total. The molecule has 0 aliphatic heterocycles. The van der Waals surface area contributed by atoms with E-state index in [-0.39, 0.29) is 0 Å². The van der Waals surface area contributed by atoms with Crippen LogP contribution in [0.1, 0.15) is 44.6 Å². The minimum atomic E-state index is 0.639. The van der Waals surface area contributed by atoms with Crippen LogP contribution in [0.5, 0.6) is 0 Å². The van der Waals surface area contributed by atoms with Gasteiger partial charge < -0.3 is 5.32 Å². The highest BCUT2D eigenvalue weighted by molar-refractivity contribution is 5.21. The van der Waals surface area contributed by atoms with Crippen molar-refractivity contribution in [2.45, 2.75) is 45.1 Å². The molecule has 1 heteroatoms. The summed E-state index contributed by atoms with van der Waals surface area (Å²) in [6.45, 7) is 5.75. The predicted octanol–water partition coefficient (Wildman–Crippen LogP) is 3.57. The minimum Gasteiger partial charge on any atom is -0.313 e. The van der Waals surface area contributed by atoms with Gasteiger partial charge in [0, 0.05) is 6.04 Å². The van der Waals surface area contributed by atoms with Crippen molar-refractivity contribution in [3.8, 4) is 0 Å². The third-order valence-corrected chi connectivity index (χ3v) is 3.62. The van der Waals surface area contributed by atoms with E-state index in [4.69, 9.17) is 0 Å². The molecule has 88 valence electrons. The maximum Gasteiger partial charge on any atom is 0.0161 e. The standard InChI is InChI=1S/C15H23N/c1-3-11-16-15(14-9-10-14)12(2)13-7-5-4-6-8-13/h4-8,12,14-16H,3,9-11H2,1-2H3. The summed E-state index contributed by atoms with van der Waals surface area (Å²) in [5.74, 6) is 1.56. The molecule has 1 aliphatic rings. The van der Waals surface area contributed by atoms with Gasteiger partial charge in [0.25, 0.3) is 0 Å². The summed E-state index contributed by atoms with van der Waals surface area (Å²) in [7, 11) is 0. The highest BCUT2D eigenvalue weighted by Gasteiger charge is 2.34. The van der Waals surface area contributed by atoms with Gasteiger partial charge >= 0.3 is 0 Å². The summed E-state index contributed by atoms with van der Waals surface area (Å²) in [4.78, 5) is 0. The molecule has 1 fully saturated rings. The van der Waals surface area contributed by atoms with Gasteiger partial charge in [-0.05, 0) is 43.2 Å². The van der Waals surface area contributed by atoms with E-state index in [1.165, 1.54) is 24.8 Å². The van der Waals surface area contributed by atoms with Crippen LogP contribution >= 0.6 is 0 Å². The molecule has 16 heavy (non-hydrogen) atoms. The zero-order chi connectivity index (χ0) is 11.4. The molecule has 0 heterocycles. The van der Waals surface area contributed by atoms with Crippen molar-refractivity contribution in [1.82, 2.24) is 5.32 Å². The Morgan fingerprint density at radius 1 is 1.25 bits per heavy atom. The van der Waals surface area contributed by atoms with Crippen molar-refractivity contribution in [2.24, 2.45) is 5.92 Å². The molecule has 2 rings (SSSR count). The molecule has 2 atom stereocenters. The molecule has 2 unspecified atom stereocenters. The maximum atomic E-state index is 3.73. The average Bonchev–Trinajstić information content (AvgIpc) is 3.15. The Bertz CT molecular complexity index is 302. The zero-order valence-corrected chi connectivity index (χ0v) is 10.4. The van der Waals surface area contributed by atoms with Crippen molar-refractivity contribution in [1.29, 1.82) is 0 Å². The second-order valence-corrected chi connectivity index (χ2v) is 5.02. The fraction of sp³-hybridized carbons (Fsp3) is 0.600. The molecule has 0 spiro atoms. The van der Waals surface area contributed by atoms with Gasteiger partial charge in [0.1, 0.15) is 0 Å². The molecule has 1 aromatic rings. The van der Waals surface area contributed by atoms with E-state index in [9.17, 15) is 0 Å². The van der Waals surface area contributed by atoms with Gasteiger partial charge in [0.2, 0.25) is 0 Å². The smallest absolute Gasteiger partial charge is 0.0161 e. The first-order valence-corrected chi connectivity index (χ1v) is 6.61. The lowest BCUT2D eigenvalue weighted by Gasteiger charge is -2.25. The Morgan fingerprint density at radius 2 is 1.94 bits per heavy atom. The van der Waals surface area contributed by atoms with Crippen LogP contribution in [0.3, 0.4) is 0 Å². The lowest BCUT2D eigenvalue weighted by molar-refractivity contribution is 0.407. The molecule has 0 bridgehead atoms. The molecule has 0 amide bonds. The van der Waals surface area contributed by atoms with Gasteiger partial charge in [-0.3, -0.25) is 0 Å². The third kappa shape index (κ3) is 2.85. The summed E-state index contributed by atoms with van der Waals surface area (Å²) in [6.07, 6.45) is 4.06. The van der Waals surface area contributed by atoms with E-state index in [0.29, 0.717) is 12.0 Å². The van der Waals surface area contributed by atoms with E-state index in [1.807, 2.05) is 0 Å². The van der Waals surface area contributed by atoms with Crippen LogP contribution in [0.2, 0.25) is 0 Å². The van der Waals surface area contributed by atoms with Crippen molar-refractivity contribution in [2.75, 3.05) is 6.54 Å². The minimum absolute atomic E-state index is 0.639. The number of hydrogen-bond donors (Lipinski definition) is 1. The first-order chi connectivity index (χ1) is 7.83. The van der Waals surface area contributed by atoms with Crippen molar-refractivity contribution < 1.29 is 0 Å². The molecule has 0 saturated heterocycles. The third-order valence-electron chi connectivity index (χ3n) is 3.62. The summed E-state index contributed by atoms with van der Waals surface area (Å²) in [5, 5.41) is 3.73. The molecule has 0 radical (unpaired) electrons. The topological polar surface area (TPSA) is 12.0 Å². The number of nitrogens with one attached hydrogen (secondary N) is 1. The first kappa shape index (κ1) is 11.7. The molecular weight excluding hydrogens is 194 g/mol. The zero-order valence-electron chi connectivity index (χ0n) is 10.4. The number of hydrogen-bond acceptors (Lipinski definition) is 1. The monoisotopic (exact) mass is 217 g/mol. The van der Waals surface area contributed by atoms with Gasteiger partial charge in [0.15, 0.2) is 0 Å². The summed E-state index contributed by atoms with van der Waals surface area (Å²) in [5.41, 5.74) is 1.48. The van der Waals surface area contributed by atoms with Gasteiger partial charge in [-0.1, -0.05) is 44.2 Å². The molecule has 1 saturated carbocycles. The van der Waals surface area contributed by atoms with Crippen molar-refractivity contribution in [3.63, 3.8) is 0 Å². The van der Waals surface area contributed by atoms with Crippen LogP contribution in [0.25, 0.3) is 0 Å². The van der Waals surface area contributed by atoms with E-state index in [2.05, 4.69) is 49.5 Å². The fourth-order valence-corrected chi connectivity index (χ4v) is 2.48. The summed E-state index contributed by atoms with van der Waals surface area (Å²) < 4.78 is 0. The quantitative estimate of drug-likeness (QED) is 0.768. The first-order valence-electron chi connectivity index (χ1n) is 6.61. The largest absolute Gasteiger partial charge is 0.313 e. The maximum absolute atomic E-state index is 3.73. The average molecular weight is 217 g/mol. The van der Waals surface area contributed by atoms with Crippen LogP contribution in [0.4, 0.5) is 0 Å². The summed E-state index contributed by atoms with van der Waals surface area (Å²) in [6, 6.07) is 11.6. The lowest BCUT2D eigenvalue weighted by Crippen LogP contribution is -2.36. The highest BCUT2D eigenvalue weighted by Crippen LogP contribution is 2.38. The number of rotatable bonds is 6. The highest BCUT2D eigenvalue weighted by atomic mass is 14.9. The second kappa shape index (κ2) is 5.49. The SMILES string of the molecule is CCCNC(C1CC1)C(C)c1ccccc1. The Labute approximate surface area is 99.3 Å². The Hall–Kier alpha value is -0.820. The van der Waals surface area contributed by atoms with E-state index < -0.39 is 0 Å². The molecule has 0 aromatic heterocycles. The molecule has 1 nitrogen and oxygen atoms in total. The Morgan fingerprint density at radius 3 is 2.50 bits per heavy atom. The van der Waals surface area contributed by atoms with E-state index in [1.54, 1.807) is 0 Å². The van der Waals surface area contributed by atoms with Crippen LogP contribution in [0, 0.1) is 5.92 Å². The van der Waals surface area contributed by atoms with Gasteiger partial charge in [-0.2, -0.15) is 0 Å². The predicted molar refractivity (Wildman–Crippen MR) is 69.7 cm³/mol. The van der Waals surface area contributed by atoms with Gasteiger partial charge in [-0.25, -0.2) is 0 Å². The molecule has 1 aromatic carbocycles. The second-order valence-electron chi connectivity index (χ2n) is 5.02. The van der Waals surface area contributed by atoms with Crippen molar-refractivity contribution >= 4 is 0 Å². The van der Waals surface area contributed by atoms with Crippen molar-refractivity contribution in [3.05, 3.63) is 35.9 Å². The van der Waals surface area contributed by atoms with Crippen LogP contribution in [-0.2, 0) is 0 Å². The van der Waals surface area contributed by atoms with Crippen LogP contribution in [-0.4, -0.2) is 12.6 Å². The van der Waals surface area contributed by atoms with Crippen LogP contribution in [0.15, 0.2) is 30.3 Å². The number of benzene rings is 1. The van der Waals surface area contributed by atoms with Gasteiger partial charge in [0.05, 0.1) is 0 Å². The Balaban J connectivity index is 2.01. The van der Waals surface area contributed by atoms with E-state index in [0.717, 1.165) is 12.5 Å².